The number of aromatic nitrogens is 4. The summed E-state index contributed by atoms with van der Waals surface area (Å²) in [5, 5.41) is 3.40. The first-order valence-electron chi connectivity index (χ1n) is 14.6. The van der Waals surface area contributed by atoms with Gasteiger partial charge in [0.1, 0.15) is 11.3 Å². The number of nitrogens with zero attached hydrogens (tertiary/aromatic N) is 4. The number of amides is 1. The molecule has 1 aliphatic heterocycles. The molecule has 0 saturated carbocycles. The van der Waals surface area contributed by atoms with Crippen LogP contribution < -0.4 is 25.0 Å². The second-order valence-electron chi connectivity index (χ2n) is 10.9. The average Bonchev–Trinajstić information content (AvgIpc) is 3.06. The van der Waals surface area contributed by atoms with Crippen LogP contribution in [-0.4, -0.2) is 51.2 Å². The Morgan fingerprint density at radius 3 is 2.38 bits per heavy atom. The lowest BCUT2D eigenvalue weighted by molar-refractivity contribution is 0.102. The zero-order valence-electron chi connectivity index (χ0n) is 25.3. The number of ether oxygens (including phenoxy) is 3. The minimum absolute atomic E-state index is 0.0369. The monoisotopic (exact) mass is 623 g/mol. The van der Waals surface area contributed by atoms with E-state index in [0.29, 0.717) is 45.4 Å². The van der Waals surface area contributed by atoms with Crippen LogP contribution in [0.2, 0.25) is 0 Å². The molecule has 1 N–H and O–H groups in total. The van der Waals surface area contributed by atoms with Crippen molar-refractivity contribution in [2.24, 2.45) is 5.92 Å². The molecule has 0 atom stereocenters. The fraction of sp³-hybridized carbons (Fsp3) is 0.265. The van der Waals surface area contributed by atoms with Gasteiger partial charge in [-0.15, -0.1) is 0 Å². The average molecular weight is 624 g/mol. The van der Waals surface area contributed by atoms with Crippen LogP contribution in [0.25, 0.3) is 22.0 Å². The van der Waals surface area contributed by atoms with Crippen LogP contribution in [0.3, 0.4) is 0 Å². The fourth-order valence-corrected chi connectivity index (χ4v) is 6.53. The van der Waals surface area contributed by atoms with Gasteiger partial charge in [0.2, 0.25) is 11.4 Å². The second kappa shape index (κ2) is 13.4. The van der Waals surface area contributed by atoms with Crippen molar-refractivity contribution in [2.75, 3.05) is 31.0 Å². The van der Waals surface area contributed by atoms with Crippen molar-refractivity contribution in [3.05, 3.63) is 94.8 Å². The van der Waals surface area contributed by atoms with E-state index >= 15 is 0 Å². The van der Waals surface area contributed by atoms with E-state index in [1.165, 1.54) is 12.4 Å². The van der Waals surface area contributed by atoms with E-state index in [1.807, 2.05) is 53.7 Å². The molecule has 6 rings (SSSR count). The van der Waals surface area contributed by atoms with Gasteiger partial charge in [0.05, 0.1) is 32.1 Å². The highest BCUT2D eigenvalue weighted by molar-refractivity contribution is 7.99. The highest BCUT2D eigenvalue weighted by Gasteiger charge is 2.20. The van der Waals surface area contributed by atoms with Crippen LogP contribution in [0, 0.1) is 12.8 Å². The fourth-order valence-electron chi connectivity index (χ4n) is 5.33. The van der Waals surface area contributed by atoms with Crippen LogP contribution in [0.15, 0.2) is 78.2 Å². The Morgan fingerprint density at radius 2 is 1.67 bits per heavy atom. The summed E-state index contributed by atoms with van der Waals surface area (Å²) in [7, 11) is 3.13. The van der Waals surface area contributed by atoms with Crippen molar-refractivity contribution >= 4 is 34.5 Å². The third kappa shape index (κ3) is 6.78. The van der Waals surface area contributed by atoms with Crippen molar-refractivity contribution < 1.29 is 19.0 Å². The van der Waals surface area contributed by atoms with E-state index in [0.717, 1.165) is 42.0 Å². The first-order valence-corrected chi connectivity index (χ1v) is 15.8. The zero-order valence-corrected chi connectivity index (χ0v) is 26.1. The maximum atomic E-state index is 13.6. The minimum atomic E-state index is -0.572. The lowest BCUT2D eigenvalue weighted by Gasteiger charge is -2.23. The SMILES string of the molecule is COc1cc2nccc(Oc3cnc(NC(=O)c4cn(CC5CCSCC5)cc(-c5ccc(C)cc5)c4=O)nc3)c2cc1OC. The van der Waals surface area contributed by atoms with Gasteiger partial charge in [0.25, 0.3) is 5.91 Å². The van der Waals surface area contributed by atoms with Gasteiger partial charge in [-0.1, -0.05) is 29.8 Å². The van der Waals surface area contributed by atoms with Crippen molar-refractivity contribution in [3.8, 4) is 34.1 Å². The number of carbonyl (C=O) groups excluding carboxylic acids is 1. The van der Waals surface area contributed by atoms with E-state index in [4.69, 9.17) is 14.2 Å². The number of aryl methyl sites for hydroxylation is 1. The van der Waals surface area contributed by atoms with Gasteiger partial charge in [0.15, 0.2) is 17.2 Å². The summed E-state index contributed by atoms with van der Waals surface area (Å²) in [6.07, 6.45) is 10.3. The van der Waals surface area contributed by atoms with Gasteiger partial charge >= 0.3 is 0 Å². The normalized spacial score (nSPS) is 13.4. The molecule has 5 aromatic rings. The number of anilines is 1. The smallest absolute Gasteiger partial charge is 0.263 e. The third-order valence-corrected chi connectivity index (χ3v) is 8.83. The molecule has 1 amide bonds. The molecule has 1 saturated heterocycles. The number of fused-ring (bicyclic) bond motifs is 1. The largest absolute Gasteiger partial charge is 0.493 e. The summed E-state index contributed by atoms with van der Waals surface area (Å²) >= 11 is 1.97. The molecule has 2 aromatic carbocycles. The molecule has 0 aliphatic carbocycles. The van der Waals surface area contributed by atoms with Crippen molar-refractivity contribution in [2.45, 2.75) is 26.3 Å². The second-order valence-corrected chi connectivity index (χ2v) is 12.1. The molecule has 0 radical (unpaired) electrons. The first-order chi connectivity index (χ1) is 21.9. The van der Waals surface area contributed by atoms with Crippen LogP contribution in [0.4, 0.5) is 5.95 Å². The van der Waals surface area contributed by atoms with Gasteiger partial charge in [-0.05, 0) is 54.9 Å². The Hall–Kier alpha value is -4.90. The first kappa shape index (κ1) is 30.1. The molecule has 230 valence electrons. The predicted molar refractivity (Wildman–Crippen MR) is 176 cm³/mol. The number of carbonyl (C=O) groups is 1. The number of benzene rings is 2. The Morgan fingerprint density at radius 1 is 0.956 bits per heavy atom. The van der Waals surface area contributed by atoms with Crippen LogP contribution in [0.5, 0.6) is 23.0 Å². The van der Waals surface area contributed by atoms with Crippen molar-refractivity contribution in [1.82, 2.24) is 19.5 Å². The molecule has 0 spiro atoms. The topological polar surface area (TPSA) is 117 Å². The summed E-state index contributed by atoms with van der Waals surface area (Å²) in [4.78, 5) is 40.1. The molecule has 1 aliphatic rings. The molecule has 0 unspecified atom stereocenters. The Bertz CT molecular complexity index is 1890. The number of hydrogen-bond acceptors (Lipinski definition) is 9. The van der Waals surface area contributed by atoms with Gasteiger partial charge in [-0.3, -0.25) is 19.9 Å². The summed E-state index contributed by atoms with van der Waals surface area (Å²) < 4.78 is 18.9. The van der Waals surface area contributed by atoms with E-state index < -0.39 is 5.91 Å². The molecule has 11 heteroatoms. The summed E-state index contributed by atoms with van der Waals surface area (Å²) in [5.41, 5.74) is 2.70. The number of nitrogens with one attached hydrogen (secondary N) is 1. The minimum Gasteiger partial charge on any atom is -0.493 e. The van der Waals surface area contributed by atoms with Gasteiger partial charge < -0.3 is 18.8 Å². The lowest BCUT2D eigenvalue weighted by Crippen LogP contribution is -2.26. The quantitative estimate of drug-likeness (QED) is 0.200. The number of rotatable bonds is 9. The van der Waals surface area contributed by atoms with Crippen molar-refractivity contribution in [3.63, 3.8) is 0 Å². The number of pyridine rings is 2. The summed E-state index contributed by atoms with van der Waals surface area (Å²) in [6, 6.07) is 13.0. The predicted octanol–water partition coefficient (Wildman–Crippen LogP) is 6.37. The standard InChI is InChI=1S/C34H33N5O5S/c1-21-4-6-23(7-5-21)26-19-39(18-22-9-12-45-13-10-22)20-27(32(26)40)33(41)38-34-36-16-24(17-37-34)44-29-8-11-35-28-15-31(43-3)30(42-2)14-25(28)29/h4-8,11,14-17,19-20,22H,9-10,12-13,18H2,1-3H3,(H,36,37,38,41). The maximum Gasteiger partial charge on any atom is 0.263 e. The highest BCUT2D eigenvalue weighted by atomic mass is 32.2. The molecule has 10 nitrogen and oxygen atoms in total. The third-order valence-electron chi connectivity index (χ3n) is 7.78. The molecule has 3 aromatic heterocycles. The lowest BCUT2D eigenvalue weighted by atomic mass is 10.0. The van der Waals surface area contributed by atoms with E-state index in [1.54, 1.807) is 44.8 Å². The van der Waals surface area contributed by atoms with Crippen molar-refractivity contribution in [1.29, 1.82) is 0 Å². The molecule has 1 fully saturated rings. The van der Waals surface area contributed by atoms with Gasteiger partial charge in [-0.25, -0.2) is 9.97 Å². The number of methoxy groups -OCH3 is 2. The summed E-state index contributed by atoms with van der Waals surface area (Å²) in [5.74, 6) is 4.19. The van der Waals surface area contributed by atoms with Crippen LogP contribution in [-0.2, 0) is 6.54 Å². The molecular weight excluding hydrogens is 590 g/mol. The Balaban J connectivity index is 1.24. The molecule has 0 bridgehead atoms. The number of thioether (sulfide) groups is 1. The molecule has 4 heterocycles. The zero-order chi connectivity index (χ0) is 31.3. The Kier molecular flexibility index (Phi) is 8.97. The molecule has 45 heavy (non-hydrogen) atoms. The Labute approximate surface area is 264 Å². The highest BCUT2D eigenvalue weighted by Crippen LogP contribution is 2.36. The van der Waals surface area contributed by atoms with E-state index in [9.17, 15) is 9.59 Å². The van der Waals surface area contributed by atoms with Crippen LogP contribution in [0.1, 0.15) is 28.8 Å². The van der Waals surface area contributed by atoms with E-state index in [-0.39, 0.29) is 16.9 Å². The number of hydrogen-bond donors (Lipinski definition) is 1. The van der Waals surface area contributed by atoms with Crippen LogP contribution >= 0.6 is 11.8 Å². The molecular formula is C34H33N5O5S. The van der Waals surface area contributed by atoms with E-state index in [2.05, 4.69) is 20.3 Å². The maximum absolute atomic E-state index is 13.6. The van der Waals surface area contributed by atoms with Gasteiger partial charge in [0, 0.05) is 42.2 Å². The summed E-state index contributed by atoms with van der Waals surface area (Å²) in [6.45, 7) is 2.74. The van der Waals surface area contributed by atoms with Gasteiger partial charge in [-0.2, -0.15) is 11.8 Å².